The van der Waals surface area contributed by atoms with Crippen LogP contribution in [0.15, 0.2) is 36.4 Å². The van der Waals surface area contributed by atoms with Gasteiger partial charge in [-0.2, -0.15) is 0 Å². The van der Waals surface area contributed by atoms with Crippen molar-refractivity contribution in [2.24, 2.45) is 0 Å². The molecule has 4 nitrogen and oxygen atoms in total. The fourth-order valence-corrected chi connectivity index (χ4v) is 2.20. The maximum Gasteiger partial charge on any atom is 0.314 e. The van der Waals surface area contributed by atoms with E-state index < -0.39 is 16.4 Å². The fourth-order valence-electron chi connectivity index (χ4n) is 1.76. The summed E-state index contributed by atoms with van der Waals surface area (Å²) in [4.78, 5) is 10.3. The highest BCUT2D eigenvalue weighted by atomic mass is 79.9. The maximum atomic E-state index is 13.8. The Kier molecular flexibility index (Phi) is 4.34. The van der Waals surface area contributed by atoms with Crippen molar-refractivity contribution in [1.29, 1.82) is 0 Å². The molecule has 0 aliphatic heterocycles. The molecule has 0 radical (unpaired) electrons. The number of para-hydroxylation sites is 1. The van der Waals surface area contributed by atoms with E-state index in [2.05, 4.69) is 15.9 Å². The van der Waals surface area contributed by atoms with Crippen LogP contribution in [0.25, 0.3) is 0 Å². The molecule has 0 unspecified atom stereocenters. The lowest BCUT2D eigenvalue weighted by atomic mass is 10.1. The van der Waals surface area contributed by atoms with Gasteiger partial charge in [0.15, 0.2) is 5.82 Å². The van der Waals surface area contributed by atoms with Gasteiger partial charge in [-0.05, 0) is 19.1 Å². The highest BCUT2D eigenvalue weighted by molar-refractivity contribution is 9.08. The molecular weight excluding hydrogens is 329 g/mol. The Bertz CT molecular complexity index is 661. The first kappa shape index (κ1) is 14.5. The van der Waals surface area contributed by atoms with Crippen molar-refractivity contribution in [3.63, 3.8) is 0 Å². The van der Waals surface area contributed by atoms with E-state index in [0.29, 0.717) is 11.1 Å². The first-order valence-corrected chi connectivity index (χ1v) is 6.91. The summed E-state index contributed by atoms with van der Waals surface area (Å²) in [6.45, 7) is 1.92. The minimum atomic E-state index is -0.764. The summed E-state index contributed by atoms with van der Waals surface area (Å²) >= 11 is 3.31. The summed E-state index contributed by atoms with van der Waals surface area (Å²) in [7, 11) is 0. The van der Waals surface area contributed by atoms with E-state index in [1.54, 1.807) is 12.1 Å². The molecule has 0 atom stereocenters. The summed E-state index contributed by atoms with van der Waals surface area (Å²) in [6, 6.07) is 8.96. The van der Waals surface area contributed by atoms with Crippen molar-refractivity contribution >= 4 is 21.6 Å². The predicted octanol–water partition coefficient (Wildman–Crippen LogP) is 4.73. The van der Waals surface area contributed by atoms with Gasteiger partial charge in [-0.15, -0.1) is 0 Å². The molecule has 0 saturated carbocycles. The lowest BCUT2D eigenvalue weighted by Crippen LogP contribution is -1.98. The normalized spacial score (nSPS) is 10.3. The zero-order chi connectivity index (χ0) is 14.7. The predicted molar refractivity (Wildman–Crippen MR) is 76.9 cm³/mol. The first-order valence-electron chi connectivity index (χ1n) is 5.79. The Morgan fingerprint density at radius 3 is 2.75 bits per heavy atom. The van der Waals surface area contributed by atoms with Crippen molar-refractivity contribution in [2.45, 2.75) is 12.3 Å². The minimum absolute atomic E-state index is 0.372. The van der Waals surface area contributed by atoms with E-state index in [-0.39, 0.29) is 5.75 Å². The topological polar surface area (TPSA) is 52.4 Å². The number of nitro groups is 1. The monoisotopic (exact) mass is 339 g/mol. The average molecular weight is 340 g/mol. The average Bonchev–Trinajstić information content (AvgIpc) is 2.42. The van der Waals surface area contributed by atoms with Crippen LogP contribution in [0.3, 0.4) is 0 Å². The summed E-state index contributed by atoms with van der Waals surface area (Å²) in [5.74, 6) is -0.746. The van der Waals surface area contributed by atoms with Crippen LogP contribution in [0.2, 0.25) is 0 Å². The Labute approximate surface area is 123 Å². The van der Waals surface area contributed by atoms with Crippen molar-refractivity contribution in [2.75, 3.05) is 0 Å². The Hall–Kier alpha value is -1.95. The zero-order valence-electron chi connectivity index (χ0n) is 10.6. The van der Waals surface area contributed by atoms with E-state index in [1.807, 2.05) is 13.0 Å². The third kappa shape index (κ3) is 2.96. The van der Waals surface area contributed by atoms with Crippen LogP contribution in [0.1, 0.15) is 11.1 Å². The third-order valence-electron chi connectivity index (χ3n) is 2.71. The number of hydrogen-bond acceptors (Lipinski definition) is 3. The number of alkyl halides is 1. The number of benzene rings is 2. The molecule has 0 bridgehead atoms. The summed E-state index contributed by atoms with van der Waals surface area (Å²) in [6.07, 6.45) is 0. The lowest BCUT2D eigenvalue weighted by Gasteiger charge is -2.11. The Balaban J connectivity index is 2.47. The van der Waals surface area contributed by atoms with E-state index in [4.69, 9.17) is 4.74 Å². The van der Waals surface area contributed by atoms with E-state index in [1.165, 1.54) is 12.1 Å². The van der Waals surface area contributed by atoms with Crippen LogP contribution < -0.4 is 4.74 Å². The molecule has 2 aromatic rings. The van der Waals surface area contributed by atoms with Crippen molar-refractivity contribution < 1.29 is 14.1 Å². The van der Waals surface area contributed by atoms with Gasteiger partial charge in [-0.1, -0.05) is 39.7 Å². The number of halogens is 2. The molecule has 0 aliphatic carbocycles. The molecule has 0 aromatic heterocycles. The van der Waals surface area contributed by atoms with Gasteiger partial charge in [0.25, 0.3) is 0 Å². The standard InChI is InChI=1S/C14H11BrFNO3/c1-9-5-6-13(10(7-9)8-15)20-14-11(16)3-2-4-12(14)17(18)19/h2-7H,8H2,1H3. The summed E-state index contributed by atoms with van der Waals surface area (Å²) in [5.41, 5.74) is 1.42. The van der Waals surface area contributed by atoms with Gasteiger partial charge in [-0.3, -0.25) is 10.1 Å². The van der Waals surface area contributed by atoms with Crippen molar-refractivity contribution in [3.8, 4) is 11.5 Å². The number of ether oxygens (including phenoxy) is 1. The highest BCUT2D eigenvalue weighted by Crippen LogP contribution is 2.35. The first-order chi connectivity index (χ1) is 9.52. The largest absolute Gasteiger partial charge is 0.447 e. The molecule has 0 fully saturated rings. The Morgan fingerprint density at radius 2 is 2.10 bits per heavy atom. The molecule has 0 heterocycles. The molecular formula is C14H11BrFNO3. The molecule has 0 amide bonds. The van der Waals surface area contributed by atoms with Crippen LogP contribution >= 0.6 is 15.9 Å². The molecule has 20 heavy (non-hydrogen) atoms. The lowest BCUT2D eigenvalue weighted by molar-refractivity contribution is -0.385. The van der Waals surface area contributed by atoms with Crippen molar-refractivity contribution in [3.05, 3.63) is 63.5 Å². The van der Waals surface area contributed by atoms with Gasteiger partial charge in [0.1, 0.15) is 5.75 Å². The van der Waals surface area contributed by atoms with Crippen LogP contribution in [0.4, 0.5) is 10.1 Å². The molecule has 0 saturated heterocycles. The van der Waals surface area contributed by atoms with Crippen LogP contribution in [-0.4, -0.2) is 4.92 Å². The summed E-state index contributed by atoms with van der Waals surface area (Å²) < 4.78 is 19.2. The van der Waals surface area contributed by atoms with Crippen molar-refractivity contribution in [1.82, 2.24) is 0 Å². The van der Waals surface area contributed by atoms with Gasteiger partial charge < -0.3 is 4.74 Å². The smallest absolute Gasteiger partial charge is 0.314 e. The Morgan fingerprint density at radius 1 is 1.35 bits per heavy atom. The molecule has 0 spiro atoms. The third-order valence-corrected chi connectivity index (χ3v) is 3.32. The second kappa shape index (κ2) is 6.00. The van der Waals surface area contributed by atoms with Gasteiger partial charge in [0, 0.05) is 17.0 Å². The SMILES string of the molecule is Cc1ccc(Oc2c(F)cccc2[N+](=O)[O-])c(CBr)c1. The van der Waals surface area contributed by atoms with E-state index >= 15 is 0 Å². The number of nitro benzene ring substituents is 1. The highest BCUT2D eigenvalue weighted by Gasteiger charge is 2.21. The number of nitrogens with zero attached hydrogens (tertiary/aromatic N) is 1. The molecule has 2 aromatic carbocycles. The van der Waals surface area contributed by atoms with Gasteiger partial charge in [0.05, 0.1) is 4.92 Å². The maximum absolute atomic E-state index is 13.8. The minimum Gasteiger partial charge on any atom is -0.447 e. The second-order valence-corrected chi connectivity index (χ2v) is 4.75. The quantitative estimate of drug-likeness (QED) is 0.459. The van der Waals surface area contributed by atoms with Gasteiger partial charge in [0.2, 0.25) is 5.75 Å². The number of hydrogen-bond donors (Lipinski definition) is 0. The fraction of sp³-hybridized carbons (Fsp3) is 0.143. The molecule has 0 N–H and O–H groups in total. The van der Waals surface area contributed by atoms with Gasteiger partial charge in [-0.25, -0.2) is 4.39 Å². The van der Waals surface area contributed by atoms with Crippen LogP contribution in [0, 0.1) is 22.9 Å². The van der Waals surface area contributed by atoms with Gasteiger partial charge >= 0.3 is 5.69 Å². The molecule has 0 aliphatic rings. The number of rotatable bonds is 4. The zero-order valence-corrected chi connectivity index (χ0v) is 12.2. The summed E-state index contributed by atoms with van der Waals surface area (Å²) in [5, 5.41) is 11.4. The second-order valence-electron chi connectivity index (χ2n) is 4.19. The number of aryl methyl sites for hydroxylation is 1. The van der Waals surface area contributed by atoms with Crippen LogP contribution in [-0.2, 0) is 5.33 Å². The van der Waals surface area contributed by atoms with E-state index in [9.17, 15) is 14.5 Å². The molecule has 104 valence electrons. The molecule has 6 heteroatoms. The molecule has 2 rings (SSSR count). The van der Waals surface area contributed by atoms with E-state index in [0.717, 1.165) is 17.2 Å². The van der Waals surface area contributed by atoms with Crippen LogP contribution in [0.5, 0.6) is 11.5 Å².